The summed E-state index contributed by atoms with van der Waals surface area (Å²) in [7, 11) is 1.71. The fourth-order valence-corrected chi connectivity index (χ4v) is 2.02. The number of nitrogens with zero attached hydrogens (tertiary/aromatic N) is 2. The van der Waals surface area contributed by atoms with E-state index in [4.69, 9.17) is 5.11 Å². The van der Waals surface area contributed by atoms with Crippen LogP contribution < -0.4 is 5.32 Å². The van der Waals surface area contributed by atoms with Gasteiger partial charge in [0.05, 0.1) is 11.3 Å². The van der Waals surface area contributed by atoms with Crippen LogP contribution in [0.1, 0.15) is 22.5 Å². The molecule has 18 heavy (non-hydrogen) atoms. The van der Waals surface area contributed by atoms with E-state index in [1.54, 1.807) is 31.9 Å². The lowest BCUT2D eigenvalue weighted by Crippen LogP contribution is -2.41. The van der Waals surface area contributed by atoms with Crippen LogP contribution in [0.3, 0.4) is 0 Å². The Morgan fingerprint density at radius 1 is 1.61 bits per heavy atom. The summed E-state index contributed by atoms with van der Waals surface area (Å²) in [5.41, 5.74) is 0.997. The molecule has 1 atom stereocenters. The zero-order chi connectivity index (χ0) is 13.7. The number of aryl methyl sites for hydroxylation is 2. The average Bonchev–Trinajstić information content (AvgIpc) is 2.63. The van der Waals surface area contributed by atoms with Crippen LogP contribution in [0, 0.1) is 6.92 Å². The maximum atomic E-state index is 11.9. The second kappa shape index (κ2) is 6.44. The first kappa shape index (κ1) is 14.6. The first-order valence-electron chi connectivity index (χ1n) is 5.48. The smallest absolute Gasteiger partial charge is 0.326 e. The molecule has 6 nitrogen and oxygen atoms in total. The number of aliphatic carboxylic acids is 1. The van der Waals surface area contributed by atoms with Crippen LogP contribution in [0.15, 0.2) is 6.20 Å². The molecular formula is C11H17N3O3S. The minimum absolute atomic E-state index is 0.394. The van der Waals surface area contributed by atoms with E-state index in [2.05, 4.69) is 10.4 Å². The van der Waals surface area contributed by atoms with Gasteiger partial charge in [0.25, 0.3) is 5.91 Å². The number of rotatable bonds is 6. The van der Waals surface area contributed by atoms with Crippen molar-refractivity contribution in [1.82, 2.24) is 15.1 Å². The van der Waals surface area contributed by atoms with Crippen LogP contribution in [0.5, 0.6) is 0 Å². The summed E-state index contributed by atoms with van der Waals surface area (Å²) >= 11 is 1.55. The van der Waals surface area contributed by atoms with Gasteiger partial charge in [0.1, 0.15) is 6.04 Å². The largest absolute Gasteiger partial charge is 0.480 e. The van der Waals surface area contributed by atoms with Gasteiger partial charge in [0.2, 0.25) is 0 Å². The molecule has 0 aliphatic carbocycles. The highest BCUT2D eigenvalue weighted by Crippen LogP contribution is 2.07. The molecule has 1 aromatic rings. The molecule has 0 aliphatic rings. The zero-order valence-corrected chi connectivity index (χ0v) is 11.5. The monoisotopic (exact) mass is 271 g/mol. The first-order valence-corrected chi connectivity index (χ1v) is 6.88. The Labute approximate surface area is 110 Å². The van der Waals surface area contributed by atoms with Gasteiger partial charge in [-0.05, 0) is 25.4 Å². The number of thioether (sulfide) groups is 1. The Kier molecular flexibility index (Phi) is 5.21. The summed E-state index contributed by atoms with van der Waals surface area (Å²) in [6.45, 7) is 1.71. The van der Waals surface area contributed by atoms with Crippen LogP contribution in [-0.2, 0) is 11.8 Å². The van der Waals surface area contributed by atoms with Gasteiger partial charge in [-0.2, -0.15) is 16.9 Å². The van der Waals surface area contributed by atoms with Crippen LogP contribution in [-0.4, -0.2) is 44.8 Å². The van der Waals surface area contributed by atoms with Crippen molar-refractivity contribution in [3.63, 3.8) is 0 Å². The number of carboxylic acid groups (broad SMARTS) is 1. The molecule has 0 aromatic carbocycles. The Morgan fingerprint density at radius 3 is 2.72 bits per heavy atom. The summed E-state index contributed by atoms with van der Waals surface area (Å²) in [5.74, 6) is -0.725. The predicted octanol–water partition coefficient (Wildman–Crippen LogP) is 0.665. The van der Waals surface area contributed by atoms with E-state index in [0.29, 0.717) is 23.4 Å². The van der Waals surface area contributed by atoms with E-state index >= 15 is 0 Å². The van der Waals surface area contributed by atoms with Crippen molar-refractivity contribution in [3.8, 4) is 0 Å². The third-order valence-electron chi connectivity index (χ3n) is 2.47. The minimum Gasteiger partial charge on any atom is -0.480 e. The lowest BCUT2D eigenvalue weighted by molar-refractivity contribution is -0.139. The normalized spacial score (nSPS) is 12.2. The van der Waals surface area contributed by atoms with E-state index in [0.717, 1.165) is 0 Å². The molecule has 0 radical (unpaired) electrons. The molecule has 1 amide bonds. The fraction of sp³-hybridized carbons (Fsp3) is 0.545. The maximum Gasteiger partial charge on any atom is 0.326 e. The molecule has 0 bridgehead atoms. The summed E-state index contributed by atoms with van der Waals surface area (Å²) in [6, 6.07) is -0.857. The van der Waals surface area contributed by atoms with Gasteiger partial charge in [0, 0.05) is 13.2 Å². The van der Waals surface area contributed by atoms with Gasteiger partial charge < -0.3 is 10.4 Å². The van der Waals surface area contributed by atoms with Crippen molar-refractivity contribution >= 4 is 23.6 Å². The Balaban J connectivity index is 2.72. The quantitative estimate of drug-likeness (QED) is 0.794. The van der Waals surface area contributed by atoms with Gasteiger partial charge in [-0.3, -0.25) is 9.48 Å². The molecule has 100 valence electrons. The molecule has 1 rings (SSSR count). The minimum atomic E-state index is -1.01. The first-order chi connectivity index (χ1) is 8.45. The number of nitrogens with one attached hydrogen (secondary N) is 1. The third-order valence-corrected chi connectivity index (χ3v) is 3.12. The van der Waals surface area contributed by atoms with E-state index in [-0.39, 0.29) is 0 Å². The van der Waals surface area contributed by atoms with Crippen LogP contribution in [0.25, 0.3) is 0 Å². The zero-order valence-electron chi connectivity index (χ0n) is 10.6. The average molecular weight is 271 g/mol. The molecule has 1 heterocycles. The number of hydrogen-bond donors (Lipinski definition) is 2. The van der Waals surface area contributed by atoms with Crippen molar-refractivity contribution < 1.29 is 14.7 Å². The molecule has 0 saturated carbocycles. The van der Waals surface area contributed by atoms with Crippen LogP contribution in [0.4, 0.5) is 0 Å². The molecule has 0 aliphatic heterocycles. The Hall–Kier alpha value is -1.50. The predicted molar refractivity (Wildman–Crippen MR) is 69.8 cm³/mol. The van der Waals surface area contributed by atoms with Gasteiger partial charge >= 0.3 is 5.97 Å². The summed E-state index contributed by atoms with van der Waals surface area (Å²) < 4.78 is 1.53. The highest BCUT2D eigenvalue weighted by Gasteiger charge is 2.22. The topological polar surface area (TPSA) is 84.2 Å². The Morgan fingerprint density at radius 2 is 2.28 bits per heavy atom. The maximum absolute atomic E-state index is 11.9. The SMILES string of the molecule is CSCCC(NC(=O)c1cn(C)nc1C)C(=O)O. The number of carbonyl (C=O) groups excluding carboxylic acids is 1. The second-order valence-electron chi connectivity index (χ2n) is 3.95. The van der Waals surface area contributed by atoms with E-state index in [1.165, 1.54) is 4.68 Å². The third kappa shape index (κ3) is 3.76. The number of carbonyl (C=O) groups is 2. The van der Waals surface area contributed by atoms with Gasteiger partial charge in [-0.15, -0.1) is 0 Å². The van der Waals surface area contributed by atoms with Crippen LogP contribution >= 0.6 is 11.8 Å². The standard InChI is InChI=1S/C11H17N3O3S/c1-7-8(6-14(2)13-7)10(15)12-9(11(16)17)4-5-18-3/h6,9H,4-5H2,1-3H3,(H,12,15)(H,16,17). The Bertz CT molecular complexity index is 445. The number of hydrogen-bond acceptors (Lipinski definition) is 4. The van der Waals surface area contributed by atoms with Crippen molar-refractivity contribution in [1.29, 1.82) is 0 Å². The van der Waals surface area contributed by atoms with Gasteiger partial charge in [0.15, 0.2) is 0 Å². The summed E-state index contributed by atoms with van der Waals surface area (Å²) in [5, 5.41) is 15.6. The second-order valence-corrected chi connectivity index (χ2v) is 4.93. The van der Waals surface area contributed by atoms with Crippen LogP contribution in [0.2, 0.25) is 0 Å². The molecular weight excluding hydrogens is 254 g/mol. The lowest BCUT2D eigenvalue weighted by atomic mass is 10.2. The van der Waals surface area contributed by atoms with Crippen molar-refractivity contribution in [2.45, 2.75) is 19.4 Å². The van der Waals surface area contributed by atoms with Gasteiger partial charge in [-0.1, -0.05) is 0 Å². The number of carboxylic acids is 1. The molecule has 1 aromatic heterocycles. The summed E-state index contributed by atoms with van der Waals surface area (Å²) in [6.07, 6.45) is 3.88. The van der Waals surface area contributed by atoms with E-state index in [1.807, 2.05) is 6.26 Å². The summed E-state index contributed by atoms with van der Waals surface area (Å²) in [4.78, 5) is 22.9. The number of amides is 1. The van der Waals surface area contributed by atoms with E-state index in [9.17, 15) is 9.59 Å². The molecule has 0 fully saturated rings. The molecule has 7 heteroatoms. The van der Waals surface area contributed by atoms with Crippen molar-refractivity contribution in [3.05, 3.63) is 17.5 Å². The van der Waals surface area contributed by atoms with Gasteiger partial charge in [-0.25, -0.2) is 4.79 Å². The number of aromatic nitrogens is 2. The highest BCUT2D eigenvalue weighted by molar-refractivity contribution is 7.98. The molecule has 0 saturated heterocycles. The molecule has 1 unspecified atom stereocenters. The lowest BCUT2D eigenvalue weighted by Gasteiger charge is -2.13. The fourth-order valence-electron chi connectivity index (χ4n) is 1.55. The van der Waals surface area contributed by atoms with E-state index < -0.39 is 17.9 Å². The molecule has 0 spiro atoms. The van der Waals surface area contributed by atoms with Crippen molar-refractivity contribution in [2.24, 2.45) is 7.05 Å². The molecule has 2 N–H and O–H groups in total. The highest BCUT2D eigenvalue weighted by atomic mass is 32.2. The van der Waals surface area contributed by atoms with Crippen molar-refractivity contribution in [2.75, 3.05) is 12.0 Å².